The van der Waals surface area contributed by atoms with Crippen LogP contribution in [0.2, 0.25) is 0 Å². The zero-order valence-electron chi connectivity index (χ0n) is 10.7. The Morgan fingerprint density at radius 2 is 2.10 bits per heavy atom. The van der Waals surface area contributed by atoms with Crippen LogP contribution in [0, 0.1) is 10.1 Å². The molecule has 0 bridgehead atoms. The van der Waals surface area contributed by atoms with E-state index in [1.54, 1.807) is 29.0 Å². The minimum atomic E-state index is -0.446. The molecule has 0 fully saturated rings. The monoisotopic (exact) mass is 364 g/mol. The molecule has 2 aromatic heterocycles. The van der Waals surface area contributed by atoms with E-state index in [1.807, 2.05) is 11.4 Å². The summed E-state index contributed by atoms with van der Waals surface area (Å²) in [6, 6.07) is 8.49. The third-order valence-electron chi connectivity index (χ3n) is 3.19. The lowest BCUT2D eigenvalue weighted by Crippen LogP contribution is -2.19. The molecule has 0 aliphatic carbocycles. The quantitative estimate of drug-likeness (QED) is 0.524. The zero-order chi connectivity index (χ0) is 15.0. The first-order valence-electron chi connectivity index (χ1n) is 6.06. The number of hydrogen-bond acceptors (Lipinski definition) is 4. The average molecular weight is 365 g/mol. The Hall–Kier alpha value is -1.99. The molecule has 3 aromatic rings. The van der Waals surface area contributed by atoms with Crippen LogP contribution in [0.4, 0.5) is 5.69 Å². The summed E-state index contributed by atoms with van der Waals surface area (Å²) in [4.78, 5) is 22.8. The van der Waals surface area contributed by atoms with Crippen molar-refractivity contribution in [2.45, 2.75) is 6.54 Å². The molecule has 3 rings (SSSR count). The van der Waals surface area contributed by atoms with E-state index in [9.17, 15) is 14.9 Å². The van der Waals surface area contributed by atoms with Gasteiger partial charge < -0.3 is 4.57 Å². The summed E-state index contributed by atoms with van der Waals surface area (Å²) in [6.45, 7) is 0.285. The Bertz CT molecular complexity index is 901. The van der Waals surface area contributed by atoms with Gasteiger partial charge in [0.05, 0.1) is 16.9 Å². The first-order valence-corrected chi connectivity index (χ1v) is 7.73. The van der Waals surface area contributed by atoms with Crippen LogP contribution in [0.1, 0.15) is 5.56 Å². The van der Waals surface area contributed by atoms with Gasteiger partial charge in [0.25, 0.3) is 11.2 Å². The largest absolute Gasteiger partial charge is 0.310 e. The molecule has 2 heterocycles. The molecule has 21 heavy (non-hydrogen) atoms. The SMILES string of the molecule is O=c1c2ccsc2ccn1Cc1cccc([N+](=O)[O-])c1Br. The Morgan fingerprint density at radius 3 is 2.86 bits per heavy atom. The summed E-state index contributed by atoms with van der Waals surface area (Å²) >= 11 is 4.77. The molecule has 0 saturated heterocycles. The van der Waals surface area contributed by atoms with Crippen LogP contribution in [-0.2, 0) is 6.54 Å². The van der Waals surface area contributed by atoms with Crippen LogP contribution in [-0.4, -0.2) is 9.49 Å². The summed E-state index contributed by atoms with van der Waals surface area (Å²) in [5, 5.41) is 13.5. The van der Waals surface area contributed by atoms with Gasteiger partial charge in [-0.1, -0.05) is 12.1 Å². The molecule has 0 atom stereocenters. The average Bonchev–Trinajstić information content (AvgIpc) is 2.93. The standard InChI is InChI=1S/C14H9BrN2O3S/c15-13-9(2-1-3-11(13)17(19)20)8-16-6-4-12-10(14(16)18)5-7-21-12/h1-7H,8H2. The number of hydrogen-bond donors (Lipinski definition) is 0. The van der Waals surface area contributed by atoms with Crippen LogP contribution >= 0.6 is 27.3 Å². The maximum Gasteiger partial charge on any atom is 0.283 e. The third-order valence-corrected chi connectivity index (χ3v) is 4.99. The number of rotatable bonds is 3. The van der Waals surface area contributed by atoms with Crippen LogP contribution in [0.3, 0.4) is 0 Å². The number of nitro groups is 1. The highest BCUT2D eigenvalue weighted by Gasteiger charge is 2.15. The molecular weight excluding hydrogens is 356 g/mol. The van der Waals surface area contributed by atoms with Crippen molar-refractivity contribution >= 4 is 43.0 Å². The van der Waals surface area contributed by atoms with Crippen molar-refractivity contribution in [3.63, 3.8) is 0 Å². The molecule has 0 spiro atoms. The van der Waals surface area contributed by atoms with Crippen molar-refractivity contribution in [3.8, 4) is 0 Å². The number of benzene rings is 1. The van der Waals surface area contributed by atoms with Gasteiger partial charge in [0.2, 0.25) is 0 Å². The molecule has 0 amide bonds. The molecule has 0 radical (unpaired) electrons. The highest BCUT2D eigenvalue weighted by Crippen LogP contribution is 2.28. The molecule has 5 nitrogen and oxygen atoms in total. The van der Waals surface area contributed by atoms with Gasteiger partial charge in [0, 0.05) is 17.0 Å². The Labute approximate surface area is 131 Å². The lowest BCUT2D eigenvalue weighted by molar-refractivity contribution is -0.385. The molecule has 1 aromatic carbocycles. The Kier molecular flexibility index (Phi) is 3.60. The van der Waals surface area contributed by atoms with Crippen molar-refractivity contribution < 1.29 is 4.92 Å². The predicted molar refractivity (Wildman–Crippen MR) is 86.0 cm³/mol. The van der Waals surface area contributed by atoms with Crippen molar-refractivity contribution in [3.05, 3.63) is 72.4 Å². The van der Waals surface area contributed by atoms with E-state index >= 15 is 0 Å². The summed E-state index contributed by atoms with van der Waals surface area (Å²) in [7, 11) is 0. The molecule has 0 aliphatic rings. The lowest BCUT2D eigenvalue weighted by atomic mass is 10.2. The van der Waals surface area contributed by atoms with Crippen LogP contribution in [0.5, 0.6) is 0 Å². The number of nitro benzene ring substituents is 1. The number of fused-ring (bicyclic) bond motifs is 1. The summed E-state index contributed by atoms with van der Waals surface area (Å²) < 4.78 is 2.90. The third kappa shape index (κ3) is 2.50. The first-order chi connectivity index (χ1) is 10.1. The zero-order valence-corrected chi connectivity index (χ0v) is 13.1. The van der Waals surface area contributed by atoms with Crippen LogP contribution in [0.15, 0.2) is 51.2 Å². The maximum absolute atomic E-state index is 12.3. The topological polar surface area (TPSA) is 65.1 Å². The van der Waals surface area contributed by atoms with Gasteiger partial charge in [0.1, 0.15) is 4.47 Å². The molecule has 7 heteroatoms. The minimum Gasteiger partial charge on any atom is -0.310 e. The fourth-order valence-electron chi connectivity index (χ4n) is 2.14. The van der Waals surface area contributed by atoms with Crippen molar-refractivity contribution in [1.82, 2.24) is 4.57 Å². The molecule has 0 saturated carbocycles. The van der Waals surface area contributed by atoms with Crippen molar-refractivity contribution in [1.29, 1.82) is 0 Å². The second kappa shape index (κ2) is 5.42. The fourth-order valence-corrected chi connectivity index (χ4v) is 3.45. The van der Waals surface area contributed by atoms with E-state index in [4.69, 9.17) is 0 Å². The van der Waals surface area contributed by atoms with Crippen molar-refractivity contribution in [2.24, 2.45) is 0 Å². The lowest BCUT2D eigenvalue weighted by Gasteiger charge is -2.08. The van der Waals surface area contributed by atoms with Gasteiger partial charge in [-0.05, 0) is 39.0 Å². The highest BCUT2D eigenvalue weighted by atomic mass is 79.9. The Balaban J connectivity index is 2.07. The van der Waals surface area contributed by atoms with E-state index in [0.29, 0.717) is 15.4 Å². The van der Waals surface area contributed by atoms with Gasteiger partial charge in [-0.3, -0.25) is 14.9 Å². The Morgan fingerprint density at radius 1 is 1.29 bits per heavy atom. The molecule has 0 aliphatic heterocycles. The summed E-state index contributed by atoms with van der Waals surface area (Å²) in [5.74, 6) is 0. The number of aromatic nitrogens is 1. The van der Waals surface area contributed by atoms with Crippen LogP contribution < -0.4 is 5.56 Å². The minimum absolute atomic E-state index is 0.00263. The molecule has 106 valence electrons. The van der Waals surface area contributed by atoms with E-state index < -0.39 is 4.92 Å². The van der Waals surface area contributed by atoms with E-state index in [-0.39, 0.29) is 17.8 Å². The summed E-state index contributed by atoms with van der Waals surface area (Å²) in [6.07, 6.45) is 1.71. The second-order valence-electron chi connectivity index (χ2n) is 4.45. The molecular formula is C14H9BrN2O3S. The van der Waals surface area contributed by atoms with Gasteiger partial charge in [-0.2, -0.15) is 0 Å². The van der Waals surface area contributed by atoms with Crippen molar-refractivity contribution in [2.75, 3.05) is 0 Å². The maximum atomic E-state index is 12.3. The fraction of sp³-hybridized carbons (Fsp3) is 0.0714. The summed E-state index contributed by atoms with van der Waals surface area (Å²) in [5.41, 5.74) is 0.602. The van der Waals surface area contributed by atoms with Gasteiger partial charge in [-0.25, -0.2) is 0 Å². The van der Waals surface area contributed by atoms with E-state index in [0.717, 1.165) is 4.70 Å². The normalized spacial score (nSPS) is 10.9. The smallest absolute Gasteiger partial charge is 0.283 e. The first kappa shape index (κ1) is 14.0. The molecule has 0 N–H and O–H groups in total. The van der Waals surface area contributed by atoms with E-state index in [1.165, 1.54) is 17.4 Å². The van der Waals surface area contributed by atoms with Gasteiger partial charge in [0.15, 0.2) is 0 Å². The van der Waals surface area contributed by atoms with Crippen LogP contribution in [0.25, 0.3) is 10.1 Å². The molecule has 0 unspecified atom stereocenters. The number of halogens is 1. The van der Waals surface area contributed by atoms with E-state index in [2.05, 4.69) is 15.9 Å². The second-order valence-corrected chi connectivity index (χ2v) is 6.20. The number of thiophene rings is 1. The highest BCUT2D eigenvalue weighted by molar-refractivity contribution is 9.10. The number of pyridine rings is 1. The van der Waals surface area contributed by atoms with Gasteiger partial charge >= 0.3 is 0 Å². The predicted octanol–water partition coefficient (Wildman–Crippen LogP) is 3.78. The number of nitrogens with zero attached hydrogens (tertiary/aromatic N) is 2. The van der Waals surface area contributed by atoms with Gasteiger partial charge in [-0.15, -0.1) is 11.3 Å².